The van der Waals surface area contributed by atoms with E-state index in [4.69, 9.17) is 11.6 Å². The highest BCUT2D eigenvalue weighted by atomic mass is 35.5. The first-order valence-electron chi connectivity index (χ1n) is 9.87. The highest BCUT2D eigenvalue weighted by Gasteiger charge is 2.25. The van der Waals surface area contributed by atoms with Gasteiger partial charge in [0, 0.05) is 31.6 Å². The molecule has 0 saturated heterocycles. The summed E-state index contributed by atoms with van der Waals surface area (Å²) in [6.45, 7) is 5.24. The van der Waals surface area contributed by atoms with Crippen molar-refractivity contribution in [2.75, 3.05) is 13.1 Å². The highest BCUT2D eigenvalue weighted by Crippen LogP contribution is 2.26. The molecule has 1 aliphatic heterocycles. The average molecular weight is 440 g/mol. The van der Waals surface area contributed by atoms with Crippen molar-refractivity contribution < 1.29 is 13.2 Å². The molecule has 0 aliphatic carbocycles. The van der Waals surface area contributed by atoms with E-state index in [-0.39, 0.29) is 27.9 Å². The van der Waals surface area contributed by atoms with Gasteiger partial charge in [0.1, 0.15) is 10.7 Å². The van der Waals surface area contributed by atoms with Gasteiger partial charge in [0.05, 0.1) is 11.6 Å². The standard InChI is InChI=1S/C19H26ClN5O3S/c1-3-24(4-2)29(27,28)16-12-14(9-10-15(16)20)19(26)21-13-18-23-22-17-8-6-5-7-11-25(17)18/h9-10,12H,3-8,11,13H2,1-2H3,(H,21,26). The quantitative estimate of drug-likeness (QED) is 0.715. The fourth-order valence-electron chi connectivity index (χ4n) is 3.48. The van der Waals surface area contributed by atoms with Crippen LogP contribution in [0.1, 0.15) is 55.1 Å². The fourth-order valence-corrected chi connectivity index (χ4v) is 5.44. The first-order chi connectivity index (χ1) is 13.9. The Bertz CT molecular complexity index is 986. The zero-order valence-electron chi connectivity index (χ0n) is 16.7. The third-order valence-corrected chi connectivity index (χ3v) is 7.64. The van der Waals surface area contributed by atoms with E-state index >= 15 is 0 Å². The SMILES string of the molecule is CCN(CC)S(=O)(=O)c1cc(C(=O)NCc2nnc3n2CCCCC3)ccc1Cl. The van der Waals surface area contributed by atoms with Crippen molar-refractivity contribution in [3.63, 3.8) is 0 Å². The monoisotopic (exact) mass is 439 g/mol. The lowest BCUT2D eigenvalue weighted by Crippen LogP contribution is -2.31. The van der Waals surface area contributed by atoms with Gasteiger partial charge in [0.15, 0.2) is 5.82 Å². The molecule has 2 heterocycles. The molecule has 2 aromatic rings. The van der Waals surface area contributed by atoms with Crippen molar-refractivity contribution in [3.05, 3.63) is 40.4 Å². The first-order valence-corrected chi connectivity index (χ1v) is 11.7. The van der Waals surface area contributed by atoms with Crippen LogP contribution in [0.5, 0.6) is 0 Å². The van der Waals surface area contributed by atoms with Crippen molar-refractivity contribution in [3.8, 4) is 0 Å². The van der Waals surface area contributed by atoms with E-state index in [1.165, 1.54) is 22.5 Å². The summed E-state index contributed by atoms with van der Waals surface area (Å²) in [6, 6.07) is 4.29. The Hall–Kier alpha value is -1.97. The van der Waals surface area contributed by atoms with Gasteiger partial charge in [0.25, 0.3) is 5.91 Å². The molecule has 8 nitrogen and oxygen atoms in total. The molecule has 0 radical (unpaired) electrons. The van der Waals surface area contributed by atoms with Crippen molar-refractivity contribution in [1.82, 2.24) is 24.4 Å². The lowest BCUT2D eigenvalue weighted by molar-refractivity contribution is 0.0949. The summed E-state index contributed by atoms with van der Waals surface area (Å²) >= 11 is 6.14. The molecule has 0 bridgehead atoms. The Morgan fingerprint density at radius 3 is 2.69 bits per heavy atom. The minimum atomic E-state index is -3.77. The number of fused-ring (bicyclic) bond motifs is 1. The Balaban J connectivity index is 1.78. The fraction of sp³-hybridized carbons (Fsp3) is 0.526. The summed E-state index contributed by atoms with van der Waals surface area (Å²) in [4.78, 5) is 12.6. The number of sulfonamides is 1. The van der Waals surface area contributed by atoms with Crippen LogP contribution in [-0.2, 0) is 29.5 Å². The molecule has 0 spiro atoms. The molecule has 1 amide bonds. The molecule has 1 aliphatic rings. The predicted molar refractivity (Wildman–Crippen MR) is 110 cm³/mol. The number of halogens is 1. The van der Waals surface area contributed by atoms with Gasteiger partial charge in [-0.05, 0) is 31.0 Å². The number of hydrogen-bond acceptors (Lipinski definition) is 5. The minimum absolute atomic E-state index is 0.0631. The molecule has 158 valence electrons. The van der Waals surface area contributed by atoms with Crippen LogP contribution in [0.25, 0.3) is 0 Å². The van der Waals surface area contributed by atoms with E-state index in [0.29, 0.717) is 18.9 Å². The second kappa shape index (κ2) is 9.23. The number of aromatic nitrogens is 3. The molecular formula is C19H26ClN5O3S. The third-order valence-electron chi connectivity index (χ3n) is 5.11. The molecule has 3 rings (SSSR count). The maximum Gasteiger partial charge on any atom is 0.251 e. The maximum atomic E-state index is 12.8. The molecule has 1 aromatic carbocycles. The van der Waals surface area contributed by atoms with Crippen molar-refractivity contribution in [2.24, 2.45) is 0 Å². The number of benzene rings is 1. The van der Waals surface area contributed by atoms with Crippen LogP contribution in [-0.4, -0.2) is 46.5 Å². The van der Waals surface area contributed by atoms with Crippen LogP contribution in [0, 0.1) is 0 Å². The molecule has 0 atom stereocenters. The van der Waals surface area contributed by atoms with Crippen LogP contribution in [0.2, 0.25) is 5.02 Å². The van der Waals surface area contributed by atoms with Crippen LogP contribution >= 0.6 is 11.6 Å². The molecule has 0 saturated carbocycles. The van der Waals surface area contributed by atoms with E-state index < -0.39 is 10.0 Å². The molecule has 0 fully saturated rings. The zero-order chi connectivity index (χ0) is 21.0. The van der Waals surface area contributed by atoms with Crippen molar-refractivity contribution >= 4 is 27.5 Å². The van der Waals surface area contributed by atoms with Gasteiger partial charge in [-0.25, -0.2) is 8.42 Å². The maximum absolute atomic E-state index is 12.8. The Kier molecular flexibility index (Phi) is 6.92. The average Bonchev–Trinajstić information content (AvgIpc) is 2.93. The van der Waals surface area contributed by atoms with E-state index in [1.54, 1.807) is 13.8 Å². The number of amides is 1. The second-order valence-corrected chi connectivity index (χ2v) is 9.23. The number of nitrogens with one attached hydrogen (secondary N) is 1. The summed E-state index contributed by atoms with van der Waals surface area (Å²) in [5.74, 6) is 1.27. The van der Waals surface area contributed by atoms with Crippen molar-refractivity contribution in [1.29, 1.82) is 0 Å². The van der Waals surface area contributed by atoms with Gasteiger partial charge in [-0.15, -0.1) is 10.2 Å². The van der Waals surface area contributed by atoms with Crippen LogP contribution in [0.4, 0.5) is 0 Å². The molecule has 10 heteroatoms. The molecule has 0 unspecified atom stereocenters. The first kappa shape index (κ1) is 21.7. The Morgan fingerprint density at radius 1 is 1.21 bits per heavy atom. The lowest BCUT2D eigenvalue weighted by atomic mass is 10.2. The smallest absolute Gasteiger partial charge is 0.251 e. The van der Waals surface area contributed by atoms with Crippen LogP contribution in [0.15, 0.2) is 23.1 Å². The molecule has 29 heavy (non-hydrogen) atoms. The molecular weight excluding hydrogens is 414 g/mol. The van der Waals surface area contributed by atoms with E-state index in [9.17, 15) is 13.2 Å². The van der Waals surface area contributed by atoms with Gasteiger partial charge >= 0.3 is 0 Å². The van der Waals surface area contributed by atoms with E-state index in [1.807, 2.05) is 0 Å². The summed E-state index contributed by atoms with van der Waals surface area (Å²) in [5.41, 5.74) is 0.232. The topological polar surface area (TPSA) is 97.2 Å². The number of rotatable bonds is 7. The van der Waals surface area contributed by atoms with Gasteiger partial charge in [-0.1, -0.05) is 31.9 Å². The number of carbonyl (C=O) groups excluding carboxylic acids is 1. The predicted octanol–water partition coefficient (Wildman–Crippen LogP) is 2.62. The largest absolute Gasteiger partial charge is 0.345 e. The Morgan fingerprint density at radius 2 is 1.97 bits per heavy atom. The summed E-state index contributed by atoms with van der Waals surface area (Å²) in [5, 5.41) is 11.3. The van der Waals surface area contributed by atoms with Gasteiger partial charge in [-0.2, -0.15) is 4.31 Å². The van der Waals surface area contributed by atoms with Crippen LogP contribution in [0.3, 0.4) is 0 Å². The zero-order valence-corrected chi connectivity index (χ0v) is 18.3. The lowest BCUT2D eigenvalue weighted by Gasteiger charge is -2.19. The Labute approximate surface area is 176 Å². The molecule has 1 aromatic heterocycles. The third kappa shape index (κ3) is 4.62. The second-order valence-electron chi connectivity index (χ2n) is 6.91. The van der Waals surface area contributed by atoms with Gasteiger partial charge in [-0.3, -0.25) is 4.79 Å². The number of nitrogens with zero attached hydrogens (tertiary/aromatic N) is 4. The normalized spacial score (nSPS) is 14.5. The number of hydrogen-bond donors (Lipinski definition) is 1. The van der Waals surface area contributed by atoms with Crippen LogP contribution < -0.4 is 5.32 Å². The van der Waals surface area contributed by atoms with E-state index in [2.05, 4.69) is 20.1 Å². The van der Waals surface area contributed by atoms with Crippen molar-refractivity contribution in [2.45, 2.75) is 57.5 Å². The molecule has 1 N–H and O–H groups in total. The van der Waals surface area contributed by atoms with E-state index in [0.717, 1.165) is 38.1 Å². The van der Waals surface area contributed by atoms with Gasteiger partial charge < -0.3 is 9.88 Å². The summed E-state index contributed by atoms with van der Waals surface area (Å²) in [7, 11) is -3.77. The highest BCUT2D eigenvalue weighted by molar-refractivity contribution is 7.89. The van der Waals surface area contributed by atoms with Gasteiger partial charge in [0.2, 0.25) is 10.0 Å². The number of carbonyl (C=O) groups is 1. The summed E-state index contributed by atoms with van der Waals surface area (Å²) in [6.07, 6.45) is 4.21. The number of aryl methyl sites for hydroxylation is 1. The minimum Gasteiger partial charge on any atom is -0.345 e. The summed E-state index contributed by atoms with van der Waals surface area (Å²) < 4.78 is 29.0.